The Hall–Kier alpha value is -3.41. The molecule has 6 nitrogen and oxygen atoms in total. The molecule has 0 aliphatic rings. The number of amides is 3. The first-order valence-electron chi connectivity index (χ1n) is 9.00. The maximum absolute atomic E-state index is 12.5. The van der Waals surface area contributed by atoms with Crippen molar-refractivity contribution in [3.63, 3.8) is 0 Å². The van der Waals surface area contributed by atoms with Crippen molar-refractivity contribution in [1.82, 2.24) is 15.5 Å². The average Bonchev–Trinajstić information content (AvgIpc) is 2.72. The second-order valence-corrected chi connectivity index (χ2v) is 6.44. The van der Waals surface area contributed by atoms with E-state index in [0.717, 1.165) is 11.1 Å². The van der Waals surface area contributed by atoms with Crippen LogP contribution in [0.4, 0.5) is 0 Å². The van der Waals surface area contributed by atoms with Crippen LogP contribution >= 0.6 is 0 Å². The average molecular weight is 379 g/mol. The molecule has 0 aromatic heterocycles. The minimum atomic E-state index is -0.650. The SMILES string of the molecule is CNC(=O)c1ccc(CN(C)C(=O)[C@@H](C)NC(=O)/C=C\c2ccccc2)cc1. The fourth-order valence-corrected chi connectivity index (χ4v) is 2.65. The van der Waals surface area contributed by atoms with E-state index in [1.807, 2.05) is 30.3 Å². The fraction of sp³-hybridized carbons (Fsp3) is 0.227. The van der Waals surface area contributed by atoms with Gasteiger partial charge in [0.05, 0.1) is 0 Å². The Balaban J connectivity index is 1.88. The van der Waals surface area contributed by atoms with Crippen LogP contribution in [0.3, 0.4) is 0 Å². The molecule has 2 aromatic rings. The molecule has 6 heteroatoms. The lowest BCUT2D eigenvalue weighted by atomic mass is 10.1. The highest BCUT2D eigenvalue weighted by Crippen LogP contribution is 2.08. The zero-order valence-corrected chi connectivity index (χ0v) is 16.3. The Morgan fingerprint density at radius 1 is 1.04 bits per heavy atom. The molecule has 0 unspecified atom stereocenters. The first-order chi connectivity index (χ1) is 13.4. The van der Waals surface area contributed by atoms with Crippen LogP contribution in [0.25, 0.3) is 6.08 Å². The van der Waals surface area contributed by atoms with Crippen molar-refractivity contribution in [3.8, 4) is 0 Å². The molecule has 146 valence electrons. The van der Waals surface area contributed by atoms with Crippen LogP contribution in [0.1, 0.15) is 28.4 Å². The zero-order chi connectivity index (χ0) is 20.5. The highest BCUT2D eigenvalue weighted by Gasteiger charge is 2.18. The van der Waals surface area contributed by atoms with Gasteiger partial charge in [-0.2, -0.15) is 0 Å². The summed E-state index contributed by atoms with van der Waals surface area (Å²) in [5, 5.41) is 5.24. The predicted octanol–water partition coefficient (Wildman–Crippen LogP) is 2.22. The fourth-order valence-electron chi connectivity index (χ4n) is 2.65. The molecule has 0 aliphatic heterocycles. The molecule has 0 saturated heterocycles. The zero-order valence-electron chi connectivity index (χ0n) is 16.3. The van der Waals surface area contributed by atoms with Crippen LogP contribution in [0.5, 0.6) is 0 Å². The summed E-state index contributed by atoms with van der Waals surface area (Å²) in [6.07, 6.45) is 3.11. The van der Waals surface area contributed by atoms with Crippen LogP contribution in [0.15, 0.2) is 60.7 Å². The van der Waals surface area contributed by atoms with Crippen molar-refractivity contribution in [3.05, 3.63) is 77.4 Å². The molecule has 0 heterocycles. The number of carbonyl (C=O) groups is 3. The van der Waals surface area contributed by atoms with E-state index < -0.39 is 6.04 Å². The Morgan fingerprint density at radius 3 is 2.29 bits per heavy atom. The van der Waals surface area contributed by atoms with E-state index in [1.165, 1.54) is 6.08 Å². The molecule has 0 aliphatic carbocycles. The lowest BCUT2D eigenvalue weighted by molar-refractivity contribution is -0.134. The molecule has 0 fully saturated rings. The van der Waals surface area contributed by atoms with Crippen molar-refractivity contribution < 1.29 is 14.4 Å². The van der Waals surface area contributed by atoms with Gasteiger partial charge in [-0.05, 0) is 36.3 Å². The van der Waals surface area contributed by atoms with Crippen LogP contribution in [-0.4, -0.2) is 42.8 Å². The van der Waals surface area contributed by atoms with Crippen LogP contribution in [0.2, 0.25) is 0 Å². The van der Waals surface area contributed by atoms with Gasteiger partial charge < -0.3 is 15.5 Å². The van der Waals surface area contributed by atoms with Crippen LogP contribution < -0.4 is 10.6 Å². The lowest BCUT2D eigenvalue weighted by Gasteiger charge is -2.22. The summed E-state index contributed by atoms with van der Waals surface area (Å²) < 4.78 is 0. The maximum Gasteiger partial charge on any atom is 0.251 e. The summed E-state index contributed by atoms with van der Waals surface area (Å²) in [5.41, 5.74) is 2.37. The molecule has 2 aromatic carbocycles. The van der Waals surface area contributed by atoms with Gasteiger partial charge in [0.15, 0.2) is 0 Å². The number of hydrogen-bond donors (Lipinski definition) is 2. The van der Waals surface area contributed by atoms with Gasteiger partial charge in [-0.1, -0.05) is 42.5 Å². The van der Waals surface area contributed by atoms with Crippen molar-refractivity contribution in [2.45, 2.75) is 19.5 Å². The first kappa shape index (κ1) is 20.9. The summed E-state index contributed by atoms with van der Waals surface area (Å²) in [5.74, 6) is -0.680. The van der Waals surface area contributed by atoms with Crippen molar-refractivity contribution in [1.29, 1.82) is 0 Å². The number of benzene rings is 2. The van der Waals surface area contributed by atoms with E-state index in [9.17, 15) is 14.4 Å². The number of carbonyl (C=O) groups excluding carboxylic acids is 3. The third-order valence-corrected chi connectivity index (χ3v) is 4.20. The Labute approximate surface area is 165 Å². The van der Waals surface area contributed by atoms with Crippen LogP contribution in [-0.2, 0) is 16.1 Å². The third kappa shape index (κ3) is 6.09. The molecule has 1 atom stereocenters. The molecular formula is C22H25N3O3. The molecule has 3 amide bonds. The molecule has 2 rings (SSSR count). The van der Waals surface area contributed by atoms with E-state index in [4.69, 9.17) is 0 Å². The van der Waals surface area contributed by atoms with Crippen molar-refractivity contribution in [2.24, 2.45) is 0 Å². The number of nitrogens with one attached hydrogen (secondary N) is 2. The number of rotatable bonds is 7. The molecule has 0 saturated carbocycles. The summed E-state index contributed by atoms with van der Waals surface area (Å²) in [7, 11) is 3.25. The summed E-state index contributed by atoms with van der Waals surface area (Å²) in [6.45, 7) is 2.04. The second kappa shape index (κ2) is 10.1. The van der Waals surface area contributed by atoms with E-state index in [-0.39, 0.29) is 17.7 Å². The van der Waals surface area contributed by atoms with E-state index in [0.29, 0.717) is 12.1 Å². The van der Waals surface area contributed by atoms with E-state index in [1.54, 1.807) is 56.3 Å². The highest BCUT2D eigenvalue weighted by molar-refractivity contribution is 5.95. The lowest BCUT2D eigenvalue weighted by Crippen LogP contribution is -2.44. The standard InChI is InChI=1S/C22H25N3O3/c1-16(24-20(26)14-11-17-7-5-4-6-8-17)22(28)25(3)15-18-9-12-19(13-10-18)21(27)23-2/h4-14,16H,15H2,1-3H3,(H,23,27)(H,24,26)/b14-11-/t16-/m1/s1. The molecular weight excluding hydrogens is 354 g/mol. The molecule has 28 heavy (non-hydrogen) atoms. The molecule has 0 radical (unpaired) electrons. The smallest absolute Gasteiger partial charge is 0.251 e. The van der Waals surface area contributed by atoms with Gasteiger partial charge in [0.2, 0.25) is 11.8 Å². The summed E-state index contributed by atoms with van der Waals surface area (Å²) in [4.78, 5) is 37.6. The largest absolute Gasteiger partial charge is 0.355 e. The van der Waals surface area contributed by atoms with Gasteiger partial charge in [0, 0.05) is 32.3 Å². The Kier molecular flexibility index (Phi) is 7.51. The molecule has 0 bridgehead atoms. The second-order valence-electron chi connectivity index (χ2n) is 6.44. The summed E-state index contributed by atoms with van der Waals surface area (Å²) in [6, 6.07) is 15.9. The van der Waals surface area contributed by atoms with Crippen molar-refractivity contribution >= 4 is 23.8 Å². The summed E-state index contributed by atoms with van der Waals surface area (Å²) >= 11 is 0. The van der Waals surface area contributed by atoms with Gasteiger partial charge in [-0.3, -0.25) is 14.4 Å². The first-order valence-corrected chi connectivity index (χ1v) is 9.00. The minimum absolute atomic E-state index is 0.157. The normalized spacial score (nSPS) is 11.7. The van der Waals surface area contributed by atoms with Gasteiger partial charge >= 0.3 is 0 Å². The van der Waals surface area contributed by atoms with Crippen molar-refractivity contribution in [2.75, 3.05) is 14.1 Å². The number of hydrogen-bond acceptors (Lipinski definition) is 3. The minimum Gasteiger partial charge on any atom is -0.355 e. The predicted molar refractivity (Wildman–Crippen MR) is 109 cm³/mol. The topological polar surface area (TPSA) is 78.5 Å². The van der Waals surface area contributed by atoms with Crippen LogP contribution in [0, 0.1) is 0 Å². The van der Waals surface area contributed by atoms with E-state index >= 15 is 0 Å². The van der Waals surface area contributed by atoms with Gasteiger partial charge in [-0.25, -0.2) is 0 Å². The van der Waals surface area contributed by atoms with E-state index in [2.05, 4.69) is 10.6 Å². The quantitative estimate of drug-likeness (QED) is 0.724. The number of nitrogens with zero attached hydrogens (tertiary/aromatic N) is 1. The third-order valence-electron chi connectivity index (χ3n) is 4.20. The monoisotopic (exact) mass is 379 g/mol. The molecule has 2 N–H and O–H groups in total. The maximum atomic E-state index is 12.5. The van der Waals surface area contributed by atoms with Gasteiger partial charge in [0.25, 0.3) is 5.91 Å². The van der Waals surface area contributed by atoms with Gasteiger partial charge in [-0.15, -0.1) is 0 Å². The highest BCUT2D eigenvalue weighted by atomic mass is 16.2. The number of likely N-dealkylation sites (N-methyl/N-ethyl adjacent to an activating group) is 1. The Morgan fingerprint density at radius 2 is 1.68 bits per heavy atom. The molecule has 0 spiro atoms. The van der Waals surface area contributed by atoms with Gasteiger partial charge in [0.1, 0.15) is 6.04 Å². The Bertz CT molecular complexity index is 845.